The second-order valence-electron chi connectivity index (χ2n) is 7.57. The van der Waals surface area contributed by atoms with Crippen molar-refractivity contribution in [3.8, 4) is 0 Å². The number of rotatable bonds is 6. The van der Waals surface area contributed by atoms with Gasteiger partial charge in [-0.3, -0.25) is 4.79 Å². The normalized spacial score (nSPS) is 27.3. The van der Waals surface area contributed by atoms with E-state index in [9.17, 15) is 9.59 Å². The molecule has 3 atom stereocenters. The summed E-state index contributed by atoms with van der Waals surface area (Å²) in [5.74, 6) is 1.29. The lowest BCUT2D eigenvalue weighted by Crippen LogP contribution is -2.48. The molecule has 3 aliphatic rings. The maximum Gasteiger partial charge on any atom is 0.315 e. The van der Waals surface area contributed by atoms with E-state index in [-0.39, 0.29) is 24.0 Å². The Morgan fingerprint density at radius 3 is 2.63 bits per heavy atom. The molecular weight excluding hydrogens is 360 g/mol. The van der Waals surface area contributed by atoms with Crippen molar-refractivity contribution in [2.24, 2.45) is 0 Å². The van der Waals surface area contributed by atoms with Gasteiger partial charge in [-0.1, -0.05) is 24.6 Å². The number of thioether (sulfide) groups is 1. The van der Waals surface area contributed by atoms with E-state index in [2.05, 4.69) is 39.8 Å². The van der Waals surface area contributed by atoms with Crippen LogP contribution in [0.5, 0.6) is 0 Å². The topological polar surface area (TPSA) is 64.7 Å². The van der Waals surface area contributed by atoms with Crippen molar-refractivity contribution in [2.75, 3.05) is 36.8 Å². The molecule has 3 heterocycles. The summed E-state index contributed by atoms with van der Waals surface area (Å²) in [6.07, 6.45) is 3.70. The summed E-state index contributed by atoms with van der Waals surface area (Å²) in [6, 6.07) is 10.9. The molecule has 0 aliphatic carbocycles. The number of piperazine rings is 1. The molecule has 4 rings (SSSR count). The molecule has 7 heteroatoms. The number of nitrogens with one attached hydrogen (secondary N) is 2. The third-order valence-electron chi connectivity index (χ3n) is 5.82. The first kappa shape index (κ1) is 18.5. The molecule has 0 bridgehead atoms. The molecule has 0 aromatic heterocycles. The van der Waals surface area contributed by atoms with Crippen molar-refractivity contribution < 1.29 is 9.59 Å². The number of hydrogen-bond acceptors (Lipinski definition) is 4. The number of benzene rings is 1. The number of para-hydroxylation sites is 1. The van der Waals surface area contributed by atoms with Crippen LogP contribution in [0.2, 0.25) is 0 Å². The van der Waals surface area contributed by atoms with Gasteiger partial charge >= 0.3 is 6.03 Å². The highest BCUT2D eigenvalue weighted by Crippen LogP contribution is 2.33. The van der Waals surface area contributed by atoms with E-state index in [0.717, 1.165) is 51.2 Å². The van der Waals surface area contributed by atoms with Crippen molar-refractivity contribution in [3.05, 3.63) is 30.3 Å². The fourth-order valence-electron chi connectivity index (χ4n) is 4.28. The van der Waals surface area contributed by atoms with E-state index >= 15 is 0 Å². The standard InChI is InChI=1S/C20H28N4O2S/c25-18(24-12-10-23(11-13-24)15-6-2-1-3-7-15)9-5-4-8-17-19-16(14-27-17)21-20(26)22-19/h1-3,6-7,16-17,19H,4-5,8-14H2,(H2,21,22,26)/t16-,17+,19+/m1/s1. The zero-order chi connectivity index (χ0) is 18.6. The lowest BCUT2D eigenvalue weighted by molar-refractivity contribution is -0.131. The second kappa shape index (κ2) is 8.42. The largest absolute Gasteiger partial charge is 0.368 e. The number of carbonyl (C=O) groups is 2. The van der Waals surface area contributed by atoms with E-state index in [4.69, 9.17) is 0 Å². The van der Waals surface area contributed by atoms with Gasteiger partial charge < -0.3 is 20.4 Å². The fourth-order valence-corrected chi connectivity index (χ4v) is 5.82. The van der Waals surface area contributed by atoms with Crippen LogP contribution in [0.15, 0.2) is 30.3 Å². The smallest absolute Gasteiger partial charge is 0.315 e. The number of nitrogens with zero attached hydrogens (tertiary/aromatic N) is 2. The van der Waals surface area contributed by atoms with Gasteiger partial charge in [-0.05, 0) is 25.0 Å². The number of anilines is 1. The molecule has 0 radical (unpaired) electrons. The summed E-state index contributed by atoms with van der Waals surface area (Å²) in [6.45, 7) is 3.44. The number of unbranched alkanes of at least 4 members (excludes halogenated alkanes) is 1. The predicted molar refractivity (Wildman–Crippen MR) is 109 cm³/mol. The molecule has 3 saturated heterocycles. The van der Waals surface area contributed by atoms with Gasteiger partial charge in [0.15, 0.2) is 0 Å². The minimum absolute atomic E-state index is 0.0277. The van der Waals surface area contributed by atoms with Crippen LogP contribution in [0.1, 0.15) is 25.7 Å². The third kappa shape index (κ3) is 4.34. The zero-order valence-electron chi connectivity index (χ0n) is 15.6. The van der Waals surface area contributed by atoms with Gasteiger partial charge in [0.2, 0.25) is 5.91 Å². The van der Waals surface area contributed by atoms with Crippen LogP contribution in [0, 0.1) is 0 Å². The van der Waals surface area contributed by atoms with Crippen molar-refractivity contribution >= 4 is 29.4 Å². The first-order valence-electron chi connectivity index (χ1n) is 9.97. The van der Waals surface area contributed by atoms with Crippen LogP contribution in [-0.4, -0.2) is 66.1 Å². The van der Waals surface area contributed by atoms with E-state index in [1.165, 1.54) is 5.69 Å². The van der Waals surface area contributed by atoms with Gasteiger partial charge in [0.1, 0.15) is 0 Å². The van der Waals surface area contributed by atoms with Gasteiger partial charge in [0, 0.05) is 49.3 Å². The van der Waals surface area contributed by atoms with Crippen molar-refractivity contribution in [2.45, 2.75) is 43.0 Å². The van der Waals surface area contributed by atoms with E-state index < -0.39 is 0 Å². The molecule has 0 spiro atoms. The highest BCUT2D eigenvalue weighted by Gasteiger charge is 2.42. The molecule has 3 aliphatic heterocycles. The molecule has 0 unspecified atom stereocenters. The highest BCUT2D eigenvalue weighted by molar-refractivity contribution is 8.00. The molecular formula is C20H28N4O2S. The number of urea groups is 1. The number of fused-ring (bicyclic) bond motifs is 1. The SMILES string of the molecule is O=C1N[C@@H]2[C@H](CCCCC(=O)N3CCN(c4ccccc4)CC3)SC[C@H]2N1. The summed E-state index contributed by atoms with van der Waals surface area (Å²) in [4.78, 5) is 28.3. The Balaban J connectivity index is 1.14. The summed E-state index contributed by atoms with van der Waals surface area (Å²) < 4.78 is 0. The molecule has 1 aromatic carbocycles. The van der Waals surface area contributed by atoms with Crippen LogP contribution in [0.25, 0.3) is 0 Å². The highest BCUT2D eigenvalue weighted by atomic mass is 32.2. The van der Waals surface area contributed by atoms with Gasteiger partial charge in [-0.25, -0.2) is 4.79 Å². The average Bonchev–Trinajstić information content (AvgIpc) is 3.25. The van der Waals surface area contributed by atoms with Gasteiger partial charge in [-0.15, -0.1) is 0 Å². The first-order valence-corrected chi connectivity index (χ1v) is 11.0. The maximum absolute atomic E-state index is 12.5. The molecule has 146 valence electrons. The van der Waals surface area contributed by atoms with Crippen LogP contribution in [-0.2, 0) is 4.79 Å². The molecule has 3 fully saturated rings. The number of amides is 3. The Hall–Kier alpha value is -1.89. The maximum atomic E-state index is 12.5. The van der Waals surface area contributed by atoms with Crippen molar-refractivity contribution in [1.29, 1.82) is 0 Å². The lowest BCUT2D eigenvalue weighted by Gasteiger charge is -2.36. The van der Waals surface area contributed by atoms with E-state index in [0.29, 0.717) is 11.7 Å². The van der Waals surface area contributed by atoms with Crippen molar-refractivity contribution in [1.82, 2.24) is 15.5 Å². The Bertz CT molecular complexity index is 663. The van der Waals surface area contributed by atoms with E-state index in [1.807, 2.05) is 22.7 Å². The summed E-state index contributed by atoms with van der Waals surface area (Å²) in [5, 5.41) is 6.50. The molecule has 2 N–H and O–H groups in total. The minimum atomic E-state index is -0.0277. The Morgan fingerprint density at radius 1 is 1.07 bits per heavy atom. The van der Waals surface area contributed by atoms with Gasteiger partial charge in [0.25, 0.3) is 0 Å². The lowest BCUT2D eigenvalue weighted by atomic mass is 10.0. The Morgan fingerprint density at radius 2 is 1.85 bits per heavy atom. The molecule has 27 heavy (non-hydrogen) atoms. The average molecular weight is 389 g/mol. The fraction of sp³-hybridized carbons (Fsp3) is 0.600. The monoisotopic (exact) mass is 388 g/mol. The minimum Gasteiger partial charge on any atom is -0.368 e. The van der Waals surface area contributed by atoms with Crippen LogP contribution >= 0.6 is 11.8 Å². The molecule has 0 saturated carbocycles. The van der Waals surface area contributed by atoms with Crippen LogP contribution in [0.4, 0.5) is 10.5 Å². The quantitative estimate of drug-likeness (QED) is 0.578. The molecule has 6 nitrogen and oxygen atoms in total. The third-order valence-corrected chi connectivity index (χ3v) is 7.33. The molecule has 3 amide bonds. The molecule has 1 aromatic rings. The summed E-state index contributed by atoms with van der Waals surface area (Å²) in [7, 11) is 0. The van der Waals surface area contributed by atoms with Crippen LogP contribution < -0.4 is 15.5 Å². The van der Waals surface area contributed by atoms with Crippen molar-refractivity contribution in [3.63, 3.8) is 0 Å². The number of carbonyl (C=O) groups excluding carboxylic acids is 2. The summed E-state index contributed by atoms with van der Waals surface area (Å²) in [5.41, 5.74) is 1.24. The second-order valence-corrected chi connectivity index (χ2v) is 8.84. The Kier molecular flexibility index (Phi) is 5.76. The van der Waals surface area contributed by atoms with Crippen LogP contribution in [0.3, 0.4) is 0 Å². The predicted octanol–water partition coefficient (Wildman–Crippen LogP) is 2.06. The Labute approximate surface area is 165 Å². The first-order chi connectivity index (χ1) is 13.2. The van der Waals surface area contributed by atoms with Gasteiger partial charge in [-0.2, -0.15) is 11.8 Å². The summed E-state index contributed by atoms with van der Waals surface area (Å²) >= 11 is 1.94. The van der Waals surface area contributed by atoms with Gasteiger partial charge in [0.05, 0.1) is 12.1 Å². The number of hydrogen-bond donors (Lipinski definition) is 2. The zero-order valence-corrected chi connectivity index (χ0v) is 16.4. The van der Waals surface area contributed by atoms with E-state index in [1.54, 1.807) is 0 Å².